The molecule has 0 aliphatic carbocycles. The zero-order chi connectivity index (χ0) is 19.8. The van der Waals surface area contributed by atoms with E-state index in [2.05, 4.69) is 4.98 Å². The smallest absolute Gasteiger partial charge is 0.417 e. The Kier molecular flexibility index (Phi) is 5.93. The molecule has 11 heteroatoms. The number of benzene rings is 1. The molecule has 1 aromatic carbocycles. The Bertz CT molecular complexity index is 999. The van der Waals surface area contributed by atoms with Gasteiger partial charge in [-0.15, -0.1) is 12.4 Å². The van der Waals surface area contributed by atoms with Crippen LogP contribution in [0.25, 0.3) is 10.9 Å². The minimum atomic E-state index is -4.62. The molecule has 0 saturated heterocycles. The summed E-state index contributed by atoms with van der Waals surface area (Å²) in [5.74, 6) is -0.672. The first-order valence-corrected chi connectivity index (χ1v) is 7.68. The van der Waals surface area contributed by atoms with Gasteiger partial charge in [0.15, 0.2) is 5.96 Å². The van der Waals surface area contributed by atoms with Gasteiger partial charge < -0.3 is 19.9 Å². The van der Waals surface area contributed by atoms with Crippen LogP contribution >= 0.6 is 12.4 Å². The molecule has 0 unspecified atom stereocenters. The molecule has 28 heavy (non-hydrogen) atoms. The van der Waals surface area contributed by atoms with Gasteiger partial charge in [0.2, 0.25) is 0 Å². The molecular formula is C17H16ClF3N4O3. The molecule has 1 amide bonds. The Labute approximate surface area is 163 Å². The fourth-order valence-corrected chi connectivity index (χ4v) is 2.51. The number of nitrogens with one attached hydrogen (secondary N) is 2. The van der Waals surface area contributed by atoms with Crippen LogP contribution in [0.4, 0.5) is 13.2 Å². The van der Waals surface area contributed by atoms with E-state index < -0.39 is 23.6 Å². The summed E-state index contributed by atoms with van der Waals surface area (Å²) in [5, 5.41) is 7.08. The number of aromatic nitrogens is 1. The van der Waals surface area contributed by atoms with Gasteiger partial charge >= 0.3 is 6.18 Å². The number of rotatable bonds is 4. The van der Waals surface area contributed by atoms with E-state index in [1.54, 1.807) is 12.1 Å². The van der Waals surface area contributed by atoms with Crippen LogP contribution in [-0.2, 0) is 12.8 Å². The summed E-state index contributed by atoms with van der Waals surface area (Å²) in [6.45, 7) is 0.00309. The third-order valence-electron chi connectivity index (χ3n) is 3.91. The average molecular weight is 417 g/mol. The van der Waals surface area contributed by atoms with E-state index in [9.17, 15) is 18.0 Å². The van der Waals surface area contributed by atoms with Crippen molar-refractivity contribution in [1.29, 1.82) is 5.41 Å². The number of carbonyl (C=O) groups excluding carboxylic acids is 1. The van der Waals surface area contributed by atoms with E-state index in [4.69, 9.17) is 20.3 Å². The largest absolute Gasteiger partial charge is 0.483 e. The normalized spacial score (nSPS) is 11.1. The summed E-state index contributed by atoms with van der Waals surface area (Å²) < 4.78 is 50.7. The molecule has 3 rings (SSSR count). The molecule has 4 N–H and O–H groups in total. The zero-order valence-corrected chi connectivity index (χ0v) is 15.3. The summed E-state index contributed by atoms with van der Waals surface area (Å²) in [5.41, 5.74) is 4.21. The molecule has 150 valence electrons. The van der Waals surface area contributed by atoms with Crippen molar-refractivity contribution < 1.29 is 27.1 Å². The van der Waals surface area contributed by atoms with Gasteiger partial charge in [0, 0.05) is 12.4 Å². The van der Waals surface area contributed by atoms with E-state index in [1.165, 1.54) is 19.4 Å². The van der Waals surface area contributed by atoms with Crippen molar-refractivity contribution in [2.75, 3.05) is 7.05 Å². The monoisotopic (exact) mass is 416 g/mol. The second-order valence-corrected chi connectivity index (χ2v) is 5.70. The number of fused-ring (bicyclic) bond motifs is 1. The van der Waals surface area contributed by atoms with E-state index in [0.29, 0.717) is 5.76 Å². The van der Waals surface area contributed by atoms with Crippen LogP contribution in [0.15, 0.2) is 41.0 Å². The molecule has 0 spiro atoms. The van der Waals surface area contributed by atoms with Crippen molar-refractivity contribution in [3.8, 4) is 5.75 Å². The van der Waals surface area contributed by atoms with Crippen molar-refractivity contribution in [1.82, 2.24) is 9.88 Å². The highest BCUT2D eigenvalue weighted by Crippen LogP contribution is 2.39. The number of hydrogen-bond donors (Lipinski definition) is 3. The molecule has 0 fully saturated rings. The van der Waals surface area contributed by atoms with Gasteiger partial charge in [0.05, 0.1) is 17.3 Å². The van der Waals surface area contributed by atoms with Gasteiger partial charge in [-0.1, -0.05) is 0 Å². The summed E-state index contributed by atoms with van der Waals surface area (Å²) in [7, 11) is 1.25. The first-order valence-electron chi connectivity index (χ1n) is 7.68. The van der Waals surface area contributed by atoms with Gasteiger partial charge in [0.25, 0.3) is 5.91 Å². The van der Waals surface area contributed by atoms with Crippen LogP contribution in [0.1, 0.15) is 21.8 Å². The molecule has 0 bridgehead atoms. The maximum atomic E-state index is 13.3. The number of amides is 1. The Morgan fingerprint density at radius 1 is 1.36 bits per heavy atom. The summed E-state index contributed by atoms with van der Waals surface area (Å²) in [6, 6.07) is 6.45. The molecule has 0 atom stereocenters. The highest BCUT2D eigenvalue weighted by atomic mass is 35.5. The molecule has 0 radical (unpaired) electrons. The van der Waals surface area contributed by atoms with Crippen molar-refractivity contribution in [3.63, 3.8) is 0 Å². The van der Waals surface area contributed by atoms with Gasteiger partial charge in [-0.3, -0.25) is 15.1 Å². The predicted molar refractivity (Wildman–Crippen MR) is 97.6 cm³/mol. The number of guanidine groups is 1. The Hall–Kier alpha value is -3.14. The number of hydrogen-bond acceptors (Lipinski definition) is 4. The van der Waals surface area contributed by atoms with E-state index in [1.807, 2.05) is 0 Å². The third-order valence-corrected chi connectivity index (χ3v) is 3.91. The molecule has 2 aromatic heterocycles. The van der Waals surface area contributed by atoms with Gasteiger partial charge in [-0.2, -0.15) is 13.2 Å². The summed E-state index contributed by atoms with van der Waals surface area (Å²) in [4.78, 5) is 15.8. The summed E-state index contributed by atoms with van der Waals surface area (Å²) in [6.07, 6.45) is -3.17. The highest BCUT2D eigenvalue weighted by Gasteiger charge is 2.34. The number of carbonyl (C=O) groups is 1. The van der Waals surface area contributed by atoms with Crippen LogP contribution in [0.2, 0.25) is 0 Å². The lowest BCUT2D eigenvalue weighted by Crippen LogP contribution is -2.38. The minimum Gasteiger partial charge on any atom is -0.483 e. The highest BCUT2D eigenvalue weighted by molar-refractivity contribution is 6.06. The molecule has 7 nitrogen and oxygen atoms in total. The van der Waals surface area contributed by atoms with Crippen LogP contribution in [-0.4, -0.2) is 28.8 Å². The fraction of sp³-hybridized carbons (Fsp3) is 0.176. The van der Waals surface area contributed by atoms with Gasteiger partial charge in [-0.05, 0) is 30.3 Å². The lowest BCUT2D eigenvalue weighted by Gasteiger charge is -2.12. The quantitative estimate of drug-likeness (QED) is 0.444. The van der Waals surface area contributed by atoms with Crippen LogP contribution in [0.5, 0.6) is 5.75 Å². The van der Waals surface area contributed by atoms with Crippen LogP contribution < -0.4 is 10.5 Å². The van der Waals surface area contributed by atoms with Gasteiger partial charge in [-0.25, -0.2) is 0 Å². The standard InChI is InChI=1S/C17H15F3N4O3.ClH/c1-24(16(21)22)15(25)12-7-10-11(17(18,19)20)4-5-13(14(10)23-12)27-8-9-3-2-6-26-9;/h2-7,23H,8H2,1H3,(H3,21,22);1H. The number of furan rings is 1. The fourth-order valence-electron chi connectivity index (χ4n) is 2.51. The van der Waals surface area contributed by atoms with Crippen LogP contribution in [0.3, 0.4) is 0 Å². The summed E-state index contributed by atoms with van der Waals surface area (Å²) >= 11 is 0. The predicted octanol–water partition coefficient (Wildman–Crippen LogP) is 3.75. The first kappa shape index (κ1) is 21.2. The lowest BCUT2D eigenvalue weighted by atomic mass is 10.1. The molecule has 3 aromatic rings. The van der Waals surface area contributed by atoms with E-state index >= 15 is 0 Å². The number of nitrogens with zero attached hydrogens (tertiary/aromatic N) is 1. The number of alkyl halides is 3. The molecular weight excluding hydrogens is 401 g/mol. The SMILES string of the molecule is CN(C(=N)N)C(=O)c1cc2c(C(F)(F)F)ccc(OCc3ccco3)c2[nH]1.Cl. The minimum absolute atomic E-state index is 0. The first-order chi connectivity index (χ1) is 12.7. The Morgan fingerprint density at radius 2 is 2.07 bits per heavy atom. The second kappa shape index (κ2) is 7.85. The molecule has 0 aliphatic heterocycles. The van der Waals surface area contributed by atoms with Crippen molar-refractivity contribution >= 4 is 35.2 Å². The third kappa shape index (κ3) is 4.06. The number of nitrogens with two attached hydrogens (primary N) is 1. The number of halogens is 4. The number of aromatic amines is 1. The van der Waals surface area contributed by atoms with E-state index in [-0.39, 0.29) is 41.4 Å². The molecule has 0 saturated carbocycles. The van der Waals surface area contributed by atoms with Crippen molar-refractivity contribution in [2.24, 2.45) is 5.73 Å². The maximum absolute atomic E-state index is 13.3. The maximum Gasteiger partial charge on any atom is 0.417 e. The Balaban J connectivity index is 0.00000280. The van der Waals surface area contributed by atoms with Crippen molar-refractivity contribution in [2.45, 2.75) is 12.8 Å². The molecule has 0 aliphatic rings. The van der Waals surface area contributed by atoms with Gasteiger partial charge in [0.1, 0.15) is 23.8 Å². The average Bonchev–Trinajstić information content (AvgIpc) is 3.26. The lowest BCUT2D eigenvalue weighted by molar-refractivity contribution is -0.136. The van der Waals surface area contributed by atoms with Crippen molar-refractivity contribution in [3.05, 3.63) is 53.6 Å². The number of H-pyrrole nitrogens is 1. The topological polar surface area (TPSA) is 108 Å². The van der Waals surface area contributed by atoms with E-state index in [0.717, 1.165) is 17.0 Å². The number of ether oxygens (including phenoxy) is 1. The van der Waals surface area contributed by atoms with Crippen LogP contribution in [0, 0.1) is 5.41 Å². The Morgan fingerprint density at radius 3 is 2.64 bits per heavy atom. The zero-order valence-electron chi connectivity index (χ0n) is 14.5. The second-order valence-electron chi connectivity index (χ2n) is 5.70. The molecule has 2 heterocycles.